The Bertz CT molecular complexity index is 1210. The van der Waals surface area contributed by atoms with Gasteiger partial charge in [0.15, 0.2) is 0 Å². The van der Waals surface area contributed by atoms with E-state index in [0.717, 1.165) is 29.6 Å². The first-order chi connectivity index (χ1) is 15.4. The van der Waals surface area contributed by atoms with Crippen LogP contribution in [-0.4, -0.2) is 30.8 Å². The highest BCUT2D eigenvalue weighted by Gasteiger charge is 2.67. The van der Waals surface area contributed by atoms with Crippen LogP contribution in [0.25, 0.3) is 11.0 Å². The Labute approximate surface area is 188 Å². The van der Waals surface area contributed by atoms with E-state index in [1.54, 1.807) is 0 Å². The van der Waals surface area contributed by atoms with Crippen molar-refractivity contribution in [3.05, 3.63) is 47.3 Å². The summed E-state index contributed by atoms with van der Waals surface area (Å²) in [6, 6.07) is 2.81. The van der Waals surface area contributed by atoms with Gasteiger partial charge in [0.25, 0.3) is 0 Å². The molecule has 5 aliphatic rings. The Hall–Kier alpha value is -2.34. The fourth-order valence-electron chi connectivity index (χ4n) is 6.92. The number of pyridine rings is 1. The lowest BCUT2D eigenvalue weighted by Crippen LogP contribution is -2.63. The highest BCUT2D eigenvalue weighted by molar-refractivity contribution is 5.79. The highest BCUT2D eigenvalue weighted by Crippen LogP contribution is 2.73. The molecule has 2 bridgehead atoms. The highest BCUT2D eigenvalue weighted by atomic mass is 16.5. The van der Waals surface area contributed by atoms with Gasteiger partial charge in [-0.15, -0.1) is 0 Å². The van der Waals surface area contributed by atoms with Crippen LogP contribution in [0.2, 0.25) is 0 Å². The molecule has 32 heavy (non-hydrogen) atoms. The molecule has 4 saturated carbocycles. The summed E-state index contributed by atoms with van der Waals surface area (Å²) >= 11 is 0. The molecule has 0 aromatic carbocycles. The molecular weight excluding hydrogens is 398 g/mol. The predicted molar refractivity (Wildman–Crippen MR) is 121 cm³/mol. The molecule has 3 aromatic heterocycles. The molecule has 0 amide bonds. The van der Waals surface area contributed by atoms with Crippen molar-refractivity contribution in [3.8, 4) is 0 Å². The molecular formula is C26H31N5O. The number of rotatable bonds is 4. The van der Waals surface area contributed by atoms with Gasteiger partial charge < -0.3 is 4.74 Å². The van der Waals surface area contributed by atoms with Gasteiger partial charge in [-0.05, 0) is 70.3 Å². The van der Waals surface area contributed by atoms with Crippen LogP contribution in [0.3, 0.4) is 0 Å². The number of aryl methyl sites for hydroxylation is 1. The summed E-state index contributed by atoms with van der Waals surface area (Å²) in [7, 11) is 0. The van der Waals surface area contributed by atoms with Crippen LogP contribution >= 0.6 is 0 Å². The summed E-state index contributed by atoms with van der Waals surface area (Å²) in [5.41, 5.74) is 7.35. The van der Waals surface area contributed by atoms with Gasteiger partial charge in [-0.2, -0.15) is 5.10 Å². The van der Waals surface area contributed by atoms with E-state index in [1.165, 1.54) is 49.1 Å². The van der Waals surface area contributed by atoms with E-state index in [0.29, 0.717) is 17.4 Å². The lowest BCUT2D eigenvalue weighted by atomic mass is 9.35. The molecule has 0 spiro atoms. The molecule has 0 radical (unpaired) electrons. The van der Waals surface area contributed by atoms with Crippen molar-refractivity contribution in [3.63, 3.8) is 0 Å². The zero-order valence-electron chi connectivity index (χ0n) is 19.2. The number of ether oxygens (including phenoxy) is 1. The van der Waals surface area contributed by atoms with Crippen LogP contribution in [-0.2, 0) is 10.2 Å². The second kappa shape index (κ2) is 6.37. The summed E-state index contributed by atoms with van der Waals surface area (Å²) in [4.78, 5) is 15.0. The molecule has 1 saturated heterocycles. The summed E-state index contributed by atoms with van der Waals surface area (Å²) < 4.78 is 8.51. The van der Waals surface area contributed by atoms with Crippen molar-refractivity contribution < 1.29 is 4.74 Å². The summed E-state index contributed by atoms with van der Waals surface area (Å²) in [5.74, 6) is 0.362. The minimum absolute atomic E-state index is 0.0784. The smallest absolute Gasteiger partial charge is 0.111 e. The van der Waals surface area contributed by atoms with Gasteiger partial charge in [-0.1, -0.05) is 6.92 Å². The second-order valence-electron chi connectivity index (χ2n) is 11.5. The first-order valence-corrected chi connectivity index (χ1v) is 12.2. The van der Waals surface area contributed by atoms with Gasteiger partial charge in [0.2, 0.25) is 0 Å². The third-order valence-corrected chi connectivity index (χ3v) is 8.31. The summed E-state index contributed by atoms with van der Waals surface area (Å²) in [5, 5.41) is 4.61. The van der Waals surface area contributed by atoms with Crippen molar-refractivity contribution in [2.24, 2.45) is 5.41 Å². The number of nitrogens with zero attached hydrogens (tertiary/aromatic N) is 5. The molecule has 4 heterocycles. The van der Waals surface area contributed by atoms with E-state index >= 15 is 0 Å². The second-order valence-corrected chi connectivity index (χ2v) is 11.5. The van der Waals surface area contributed by atoms with E-state index in [4.69, 9.17) is 19.7 Å². The Kier molecular flexibility index (Phi) is 3.82. The Morgan fingerprint density at radius 3 is 2.66 bits per heavy atom. The molecule has 3 aromatic rings. The Balaban J connectivity index is 1.26. The maximum Gasteiger partial charge on any atom is 0.111 e. The molecule has 8 rings (SSSR count). The minimum atomic E-state index is 0.0784. The van der Waals surface area contributed by atoms with E-state index in [-0.39, 0.29) is 17.6 Å². The standard InChI is InChI=1S/C26H31N5O/c1-15-9-27-23-21(29-15)8-20(30-24(23)26-12-25(3,13-26)14-26)17-6-16(2)32-22(7-17)18-10-28-31(11-18)19-4-5-19/h8-11,16-17,19,22H,4-7,12-14H2,1-3H3/t16-,17+,22-,25?,26?/m0/s1. The quantitative estimate of drug-likeness (QED) is 0.561. The third kappa shape index (κ3) is 2.88. The van der Waals surface area contributed by atoms with E-state index in [9.17, 15) is 0 Å². The average Bonchev–Trinajstić information content (AvgIpc) is 3.45. The van der Waals surface area contributed by atoms with Crippen molar-refractivity contribution in [2.75, 3.05) is 0 Å². The fourth-order valence-corrected chi connectivity index (χ4v) is 6.92. The van der Waals surface area contributed by atoms with E-state index in [1.807, 2.05) is 19.3 Å². The average molecular weight is 430 g/mol. The van der Waals surface area contributed by atoms with Crippen LogP contribution in [0.1, 0.15) is 99.5 Å². The SMILES string of the molecule is Cc1cnc2c(C34CC(C)(C3)C4)nc([C@H]3C[C@@H](c4cnn(C5CC5)c4)O[C@@H](C)C3)cc2n1. The first kappa shape index (κ1) is 19.2. The first-order valence-electron chi connectivity index (χ1n) is 12.2. The van der Waals surface area contributed by atoms with Gasteiger partial charge in [-0.3, -0.25) is 14.6 Å². The van der Waals surface area contributed by atoms with Crippen LogP contribution in [0, 0.1) is 12.3 Å². The van der Waals surface area contributed by atoms with Gasteiger partial charge in [0.1, 0.15) is 5.52 Å². The molecule has 3 atom stereocenters. The van der Waals surface area contributed by atoms with Gasteiger partial charge in [0, 0.05) is 35.0 Å². The molecule has 6 heteroatoms. The Morgan fingerprint density at radius 2 is 1.91 bits per heavy atom. The molecule has 5 fully saturated rings. The Morgan fingerprint density at radius 1 is 1.09 bits per heavy atom. The lowest BCUT2D eigenvalue weighted by molar-refractivity contribution is -0.127. The largest absolute Gasteiger partial charge is 0.370 e. The number of fused-ring (bicyclic) bond motifs is 1. The lowest BCUT2D eigenvalue weighted by Gasteiger charge is -2.69. The molecule has 4 aliphatic carbocycles. The summed E-state index contributed by atoms with van der Waals surface area (Å²) in [6.07, 6.45) is 14.5. The molecule has 6 nitrogen and oxygen atoms in total. The summed E-state index contributed by atoms with van der Waals surface area (Å²) in [6.45, 7) is 6.62. The molecule has 1 aliphatic heterocycles. The third-order valence-electron chi connectivity index (χ3n) is 8.31. The maximum absolute atomic E-state index is 6.39. The normalized spacial score (nSPS) is 36.0. The van der Waals surface area contributed by atoms with E-state index < -0.39 is 0 Å². The van der Waals surface area contributed by atoms with Gasteiger partial charge in [0.05, 0.1) is 41.4 Å². The van der Waals surface area contributed by atoms with Crippen LogP contribution < -0.4 is 0 Å². The molecule has 166 valence electrons. The van der Waals surface area contributed by atoms with Gasteiger partial charge in [-0.25, -0.2) is 4.98 Å². The van der Waals surface area contributed by atoms with Crippen molar-refractivity contribution in [2.45, 2.75) is 95.3 Å². The van der Waals surface area contributed by atoms with Crippen LogP contribution in [0.15, 0.2) is 24.7 Å². The molecule has 0 unspecified atom stereocenters. The zero-order valence-corrected chi connectivity index (χ0v) is 19.2. The predicted octanol–water partition coefficient (Wildman–Crippen LogP) is 5.33. The monoisotopic (exact) mass is 429 g/mol. The minimum Gasteiger partial charge on any atom is -0.370 e. The number of hydrogen-bond donors (Lipinski definition) is 0. The number of hydrogen-bond acceptors (Lipinski definition) is 5. The van der Waals surface area contributed by atoms with Crippen molar-refractivity contribution >= 4 is 11.0 Å². The van der Waals surface area contributed by atoms with E-state index in [2.05, 4.69) is 35.9 Å². The number of aromatic nitrogens is 5. The van der Waals surface area contributed by atoms with Crippen LogP contribution in [0.5, 0.6) is 0 Å². The van der Waals surface area contributed by atoms with Crippen molar-refractivity contribution in [1.29, 1.82) is 0 Å². The fraction of sp³-hybridized carbons (Fsp3) is 0.615. The topological polar surface area (TPSA) is 65.7 Å². The maximum atomic E-state index is 6.39. The molecule has 0 N–H and O–H groups in total. The van der Waals surface area contributed by atoms with Crippen molar-refractivity contribution in [1.82, 2.24) is 24.7 Å². The van der Waals surface area contributed by atoms with Gasteiger partial charge >= 0.3 is 0 Å². The van der Waals surface area contributed by atoms with Crippen LogP contribution in [0.4, 0.5) is 0 Å². The zero-order chi connectivity index (χ0) is 21.7.